The van der Waals surface area contributed by atoms with Gasteiger partial charge in [-0.05, 0) is 42.8 Å². The third-order valence-corrected chi connectivity index (χ3v) is 5.70. The van der Waals surface area contributed by atoms with Crippen molar-refractivity contribution >= 4 is 34.6 Å². The van der Waals surface area contributed by atoms with Crippen molar-refractivity contribution in [2.45, 2.75) is 19.5 Å². The van der Waals surface area contributed by atoms with Gasteiger partial charge in [0, 0.05) is 23.9 Å². The molecule has 0 saturated carbocycles. The van der Waals surface area contributed by atoms with E-state index in [1.165, 1.54) is 0 Å². The van der Waals surface area contributed by atoms with Crippen LogP contribution < -0.4 is 15.5 Å². The fourth-order valence-corrected chi connectivity index (χ4v) is 4.17. The predicted octanol–water partition coefficient (Wildman–Crippen LogP) is 3.74. The van der Waals surface area contributed by atoms with E-state index >= 15 is 0 Å². The summed E-state index contributed by atoms with van der Waals surface area (Å²) in [5.74, 6) is 0.929. The number of nitrogens with zero attached hydrogens (tertiary/aromatic N) is 2. The van der Waals surface area contributed by atoms with Crippen LogP contribution in [-0.2, 0) is 9.53 Å². The number of carbonyl (C=O) groups excluding carboxylic acids is 1. The molecule has 6 nitrogen and oxygen atoms in total. The maximum absolute atomic E-state index is 13.3. The van der Waals surface area contributed by atoms with E-state index in [-0.39, 0.29) is 5.91 Å². The molecule has 2 aliphatic rings. The smallest absolute Gasteiger partial charge is 0.272 e. The van der Waals surface area contributed by atoms with Crippen molar-refractivity contribution in [2.75, 3.05) is 19.1 Å². The lowest BCUT2D eigenvalue weighted by Gasteiger charge is -2.23. The van der Waals surface area contributed by atoms with Gasteiger partial charge >= 0.3 is 0 Å². The molecule has 0 spiro atoms. The first-order valence-electron chi connectivity index (χ1n) is 10.5. The van der Waals surface area contributed by atoms with Gasteiger partial charge in [0.25, 0.3) is 5.91 Å². The number of carbonyl (C=O) groups is 1. The van der Waals surface area contributed by atoms with Crippen molar-refractivity contribution in [1.29, 1.82) is 0 Å². The average molecular weight is 447 g/mol. The first-order chi connectivity index (χ1) is 15.5. The van der Waals surface area contributed by atoms with Gasteiger partial charge in [0.1, 0.15) is 5.76 Å². The minimum absolute atomic E-state index is 0.184. The second-order valence-corrected chi connectivity index (χ2v) is 8.29. The standard InChI is InChI=1S/C25H26N4O2S/c1-16-13-18(15-19(14-16)31-3)26-25(32)28-23-24(30)29(2)21-12-8-7-11-20(21)22(27-23)17-9-5-4-6-10-17/h4-12,14-16,23H,13H2,1-3H3,(H2,26,28,32). The molecule has 1 aliphatic heterocycles. The number of fused-ring (bicyclic) bond motifs is 1. The zero-order valence-electron chi connectivity index (χ0n) is 18.3. The first kappa shape index (κ1) is 21.8. The molecule has 2 unspecified atom stereocenters. The quantitative estimate of drug-likeness (QED) is 0.701. The van der Waals surface area contributed by atoms with Gasteiger partial charge in [-0.1, -0.05) is 55.5 Å². The van der Waals surface area contributed by atoms with Crippen molar-refractivity contribution in [3.63, 3.8) is 0 Å². The number of hydrogen-bond acceptors (Lipinski definition) is 4. The van der Waals surface area contributed by atoms with E-state index in [0.717, 1.165) is 40.4 Å². The summed E-state index contributed by atoms with van der Waals surface area (Å²) in [5, 5.41) is 6.66. The van der Waals surface area contributed by atoms with E-state index in [2.05, 4.69) is 23.6 Å². The Labute approximate surface area is 193 Å². The molecule has 2 atom stereocenters. The number of thiocarbonyl (C=S) groups is 1. The molecular weight excluding hydrogens is 420 g/mol. The SMILES string of the molecule is COC1=CC(C)CC(NC(=S)NC2N=C(c3ccccc3)c3ccccc3N(C)C2=O)=C1. The molecule has 32 heavy (non-hydrogen) atoms. The maximum atomic E-state index is 13.3. The molecule has 4 rings (SSSR count). The van der Waals surface area contributed by atoms with Gasteiger partial charge in [0.05, 0.1) is 18.5 Å². The fraction of sp³-hybridized carbons (Fsp3) is 0.240. The zero-order valence-corrected chi connectivity index (χ0v) is 19.1. The van der Waals surface area contributed by atoms with Crippen LogP contribution in [-0.4, -0.2) is 37.1 Å². The van der Waals surface area contributed by atoms with E-state index in [1.807, 2.05) is 60.7 Å². The van der Waals surface area contributed by atoms with E-state index in [4.69, 9.17) is 21.9 Å². The molecule has 1 amide bonds. The number of hydrogen-bond donors (Lipinski definition) is 2. The Morgan fingerprint density at radius 2 is 1.88 bits per heavy atom. The highest BCUT2D eigenvalue weighted by Gasteiger charge is 2.30. The summed E-state index contributed by atoms with van der Waals surface area (Å²) in [6.07, 6.45) is 3.93. The van der Waals surface area contributed by atoms with Crippen LogP contribution in [0, 0.1) is 5.92 Å². The molecule has 1 aliphatic carbocycles. The number of rotatable bonds is 4. The summed E-state index contributed by atoms with van der Waals surface area (Å²) in [5.41, 5.74) is 4.32. The molecule has 1 heterocycles. The topological polar surface area (TPSA) is 66.0 Å². The lowest BCUT2D eigenvalue weighted by molar-refractivity contribution is -0.119. The molecular formula is C25H26N4O2S. The molecule has 2 aromatic rings. The Morgan fingerprint density at radius 3 is 2.62 bits per heavy atom. The predicted molar refractivity (Wildman–Crippen MR) is 132 cm³/mol. The van der Waals surface area contributed by atoms with Crippen LogP contribution in [0.4, 0.5) is 5.69 Å². The van der Waals surface area contributed by atoms with Crippen LogP contribution in [0.2, 0.25) is 0 Å². The van der Waals surface area contributed by atoms with Gasteiger partial charge in [-0.25, -0.2) is 4.99 Å². The lowest BCUT2D eigenvalue weighted by atomic mass is 9.99. The van der Waals surface area contributed by atoms with Crippen molar-refractivity contribution in [3.8, 4) is 0 Å². The fourth-order valence-electron chi connectivity index (χ4n) is 3.93. The second kappa shape index (κ2) is 9.36. The van der Waals surface area contributed by atoms with Gasteiger partial charge in [0.2, 0.25) is 6.17 Å². The summed E-state index contributed by atoms with van der Waals surface area (Å²) < 4.78 is 5.37. The number of benzene rings is 2. The van der Waals surface area contributed by atoms with Crippen molar-refractivity contribution in [2.24, 2.45) is 10.9 Å². The zero-order chi connectivity index (χ0) is 22.7. The Balaban J connectivity index is 1.63. The highest BCUT2D eigenvalue weighted by molar-refractivity contribution is 7.80. The molecule has 0 fully saturated rings. The lowest BCUT2D eigenvalue weighted by Crippen LogP contribution is -2.49. The number of methoxy groups -OCH3 is 1. The molecule has 0 bridgehead atoms. The number of ether oxygens (including phenoxy) is 1. The third kappa shape index (κ3) is 4.57. The summed E-state index contributed by atoms with van der Waals surface area (Å²) in [7, 11) is 3.41. The third-order valence-electron chi connectivity index (χ3n) is 5.48. The number of anilines is 1. The van der Waals surface area contributed by atoms with Crippen LogP contribution in [0.5, 0.6) is 0 Å². The van der Waals surface area contributed by atoms with E-state index < -0.39 is 6.17 Å². The molecule has 164 valence electrons. The number of amides is 1. The normalized spacial score (nSPS) is 20.3. The van der Waals surface area contributed by atoms with Gasteiger partial charge in [-0.3, -0.25) is 4.79 Å². The van der Waals surface area contributed by atoms with Gasteiger partial charge in [-0.15, -0.1) is 0 Å². The first-order valence-corrected chi connectivity index (χ1v) is 10.9. The van der Waals surface area contributed by atoms with Gasteiger partial charge < -0.3 is 20.3 Å². The molecule has 2 aromatic carbocycles. The Bertz CT molecular complexity index is 1120. The van der Waals surface area contributed by atoms with Crippen LogP contribution in [0.25, 0.3) is 0 Å². The minimum atomic E-state index is -0.860. The number of allylic oxidation sites excluding steroid dienone is 3. The van der Waals surface area contributed by atoms with E-state index in [0.29, 0.717) is 11.0 Å². The molecule has 2 N–H and O–H groups in total. The maximum Gasteiger partial charge on any atom is 0.272 e. The van der Waals surface area contributed by atoms with Crippen molar-refractivity contribution in [1.82, 2.24) is 10.6 Å². The largest absolute Gasteiger partial charge is 0.497 e. The monoisotopic (exact) mass is 446 g/mol. The van der Waals surface area contributed by atoms with Crippen molar-refractivity contribution in [3.05, 3.63) is 89.3 Å². The average Bonchev–Trinajstić information content (AvgIpc) is 2.90. The minimum Gasteiger partial charge on any atom is -0.497 e. The number of para-hydroxylation sites is 1. The molecule has 0 saturated heterocycles. The Morgan fingerprint density at radius 1 is 1.16 bits per heavy atom. The molecule has 0 aromatic heterocycles. The number of benzodiazepines with no additional fused rings is 1. The van der Waals surface area contributed by atoms with Gasteiger partial charge in [-0.2, -0.15) is 0 Å². The number of nitrogens with one attached hydrogen (secondary N) is 2. The number of aliphatic imine (C=N–C) groups is 1. The van der Waals surface area contributed by atoms with Crippen LogP contribution >= 0.6 is 12.2 Å². The highest BCUT2D eigenvalue weighted by atomic mass is 32.1. The van der Waals surface area contributed by atoms with Crippen LogP contribution in [0.3, 0.4) is 0 Å². The summed E-state index contributed by atoms with van der Waals surface area (Å²) in [6.45, 7) is 2.11. The van der Waals surface area contributed by atoms with Gasteiger partial charge in [0.15, 0.2) is 5.11 Å². The molecule has 7 heteroatoms. The van der Waals surface area contributed by atoms with Crippen molar-refractivity contribution < 1.29 is 9.53 Å². The summed E-state index contributed by atoms with van der Waals surface area (Å²) in [4.78, 5) is 19.7. The van der Waals surface area contributed by atoms with Crippen LogP contribution in [0.15, 0.2) is 83.2 Å². The van der Waals surface area contributed by atoms with Crippen LogP contribution in [0.1, 0.15) is 24.5 Å². The van der Waals surface area contributed by atoms with E-state index in [1.54, 1.807) is 19.1 Å². The van der Waals surface area contributed by atoms with E-state index in [9.17, 15) is 4.79 Å². The number of likely N-dealkylation sites (N-methyl/N-ethyl adjacent to an activating group) is 1. The molecule has 0 radical (unpaired) electrons. The Kier molecular flexibility index (Phi) is 6.37. The second-order valence-electron chi connectivity index (χ2n) is 7.88. The highest BCUT2D eigenvalue weighted by Crippen LogP contribution is 2.27. The summed E-state index contributed by atoms with van der Waals surface area (Å²) >= 11 is 5.54. The Hall–Kier alpha value is -3.45. The summed E-state index contributed by atoms with van der Waals surface area (Å²) in [6, 6.07) is 17.6.